The minimum absolute atomic E-state index is 0.0157. The maximum absolute atomic E-state index is 13.1. The van der Waals surface area contributed by atoms with E-state index < -0.39 is 0 Å². The summed E-state index contributed by atoms with van der Waals surface area (Å²) < 4.78 is 5.61. The van der Waals surface area contributed by atoms with Gasteiger partial charge in [0, 0.05) is 5.41 Å². The van der Waals surface area contributed by atoms with Crippen molar-refractivity contribution in [2.45, 2.75) is 131 Å². The molecule has 194 valence electrons. The fourth-order valence-electron chi connectivity index (χ4n) is 9.47. The summed E-state index contributed by atoms with van der Waals surface area (Å²) in [5.41, 5.74) is 3.75. The molecular weight excluding hydrogens is 420 g/mol. The van der Waals surface area contributed by atoms with Crippen LogP contribution in [0.5, 0.6) is 0 Å². The van der Waals surface area contributed by atoms with Gasteiger partial charge in [0.1, 0.15) is 0 Å². The Labute approximate surface area is 209 Å². The van der Waals surface area contributed by atoms with Crippen molar-refractivity contribution < 1.29 is 14.6 Å². The quantitative estimate of drug-likeness (QED) is 0.289. The number of esters is 1. The fourth-order valence-corrected chi connectivity index (χ4v) is 9.47. The van der Waals surface area contributed by atoms with Gasteiger partial charge in [0.15, 0.2) is 0 Å². The topological polar surface area (TPSA) is 46.5 Å². The van der Waals surface area contributed by atoms with E-state index in [-0.39, 0.29) is 28.3 Å². The molecule has 0 radical (unpaired) electrons. The summed E-state index contributed by atoms with van der Waals surface area (Å²) in [6.07, 6.45) is 14.6. The number of hydrogen-bond donors (Lipinski definition) is 1. The normalized spacial score (nSPS) is 40.5. The molecule has 2 saturated carbocycles. The highest BCUT2D eigenvalue weighted by Crippen LogP contribution is 2.72. The van der Waals surface area contributed by atoms with E-state index in [4.69, 9.17) is 4.74 Å². The molecule has 0 aliphatic heterocycles. The fraction of sp³-hybridized carbons (Fsp3) is 0.903. The second-order valence-electron chi connectivity index (χ2n) is 13.5. The third kappa shape index (κ3) is 4.31. The van der Waals surface area contributed by atoms with E-state index in [1.807, 2.05) is 6.92 Å². The van der Waals surface area contributed by atoms with Crippen LogP contribution in [0.4, 0.5) is 0 Å². The predicted octanol–water partition coefficient (Wildman–Crippen LogP) is 7.86. The Hall–Kier alpha value is -0.830. The van der Waals surface area contributed by atoms with E-state index in [0.29, 0.717) is 30.8 Å². The van der Waals surface area contributed by atoms with Crippen LogP contribution in [0, 0.1) is 39.9 Å². The van der Waals surface area contributed by atoms with Crippen LogP contribution in [0.1, 0.15) is 125 Å². The lowest BCUT2D eigenvalue weighted by Gasteiger charge is -2.59. The molecule has 0 bridgehead atoms. The monoisotopic (exact) mass is 472 g/mol. The molecule has 7 atom stereocenters. The van der Waals surface area contributed by atoms with E-state index in [9.17, 15) is 9.90 Å². The highest BCUT2D eigenvalue weighted by atomic mass is 16.5. The van der Waals surface area contributed by atoms with E-state index >= 15 is 0 Å². The number of rotatable bonds is 8. The van der Waals surface area contributed by atoms with Gasteiger partial charge in [0.25, 0.3) is 0 Å². The van der Waals surface area contributed by atoms with Crippen LogP contribution in [0.2, 0.25) is 0 Å². The third-order valence-corrected chi connectivity index (χ3v) is 11.4. The molecule has 2 fully saturated rings. The van der Waals surface area contributed by atoms with Gasteiger partial charge in [0.05, 0.1) is 19.1 Å². The number of fused-ring (bicyclic) bond motifs is 4. The van der Waals surface area contributed by atoms with E-state index in [1.165, 1.54) is 44.9 Å². The van der Waals surface area contributed by atoms with Crippen LogP contribution in [-0.4, -0.2) is 23.8 Å². The van der Waals surface area contributed by atoms with Gasteiger partial charge >= 0.3 is 5.97 Å². The van der Waals surface area contributed by atoms with Crippen molar-refractivity contribution in [3.05, 3.63) is 11.1 Å². The second kappa shape index (κ2) is 9.91. The molecule has 4 aliphatic carbocycles. The first-order valence-corrected chi connectivity index (χ1v) is 14.6. The van der Waals surface area contributed by atoms with Gasteiger partial charge in [-0.1, -0.05) is 65.0 Å². The SMILES string of the molecule is CCOC(=O)C[C@@]12CC[C@H]([C@H](C)CCCC(C)C)[C@@]1(C)CCC1=C2CC[C@H]2C[C@@H](O)CC[C@]12C. The van der Waals surface area contributed by atoms with Gasteiger partial charge in [-0.3, -0.25) is 4.79 Å². The van der Waals surface area contributed by atoms with Gasteiger partial charge in [0.2, 0.25) is 0 Å². The molecule has 34 heavy (non-hydrogen) atoms. The Morgan fingerprint density at radius 1 is 1.03 bits per heavy atom. The predicted molar refractivity (Wildman–Crippen MR) is 139 cm³/mol. The van der Waals surface area contributed by atoms with E-state index in [2.05, 4.69) is 34.6 Å². The summed E-state index contributed by atoms with van der Waals surface area (Å²) in [6, 6.07) is 0. The van der Waals surface area contributed by atoms with Crippen LogP contribution in [-0.2, 0) is 9.53 Å². The summed E-state index contributed by atoms with van der Waals surface area (Å²) in [6.45, 7) is 14.6. The van der Waals surface area contributed by atoms with Crippen LogP contribution < -0.4 is 0 Å². The van der Waals surface area contributed by atoms with Gasteiger partial charge < -0.3 is 9.84 Å². The van der Waals surface area contributed by atoms with Gasteiger partial charge in [-0.2, -0.15) is 0 Å². The average molecular weight is 473 g/mol. The molecule has 0 amide bonds. The maximum atomic E-state index is 13.1. The number of aliphatic hydroxyl groups excluding tert-OH is 1. The summed E-state index contributed by atoms with van der Waals surface area (Å²) >= 11 is 0. The molecule has 0 aromatic rings. The summed E-state index contributed by atoms with van der Waals surface area (Å²) in [5, 5.41) is 10.4. The first kappa shape index (κ1) is 26.2. The highest BCUT2D eigenvalue weighted by molar-refractivity contribution is 5.71. The maximum Gasteiger partial charge on any atom is 0.306 e. The number of aliphatic hydroxyl groups is 1. The van der Waals surface area contributed by atoms with E-state index in [0.717, 1.165) is 38.0 Å². The average Bonchev–Trinajstić information content (AvgIpc) is 3.07. The lowest BCUT2D eigenvalue weighted by Crippen LogP contribution is -2.51. The zero-order valence-electron chi connectivity index (χ0n) is 23.0. The van der Waals surface area contributed by atoms with Crippen molar-refractivity contribution in [3.63, 3.8) is 0 Å². The lowest BCUT2D eigenvalue weighted by atomic mass is 9.45. The Morgan fingerprint density at radius 3 is 2.50 bits per heavy atom. The van der Waals surface area contributed by atoms with Crippen molar-refractivity contribution in [2.24, 2.45) is 39.9 Å². The molecule has 0 heterocycles. The van der Waals surface area contributed by atoms with Crippen LogP contribution in [0.3, 0.4) is 0 Å². The van der Waals surface area contributed by atoms with Crippen molar-refractivity contribution in [1.82, 2.24) is 0 Å². The van der Waals surface area contributed by atoms with Gasteiger partial charge in [-0.15, -0.1) is 0 Å². The van der Waals surface area contributed by atoms with Crippen LogP contribution in [0.25, 0.3) is 0 Å². The molecule has 0 aromatic heterocycles. The largest absolute Gasteiger partial charge is 0.466 e. The molecule has 0 unspecified atom stereocenters. The van der Waals surface area contributed by atoms with Gasteiger partial charge in [-0.05, 0) is 99.2 Å². The number of allylic oxidation sites excluding steroid dienone is 2. The molecule has 0 spiro atoms. The number of ether oxygens (including phenoxy) is 1. The second-order valence-corrected chi connectivity index (χ2v) is 13.5. The molecule has 0 aromatic carbocycles. The van der Waals surface area contributed by atoms with Crippen molar-refractivity contribution in [1.29, 1.82) is 0 Å². The summed E-state index contributed by atoms with van der Waals surface area (Å²) in [4.78, 5) is 13.1. The molecule has 3 heteroatoms. The number of carbonyl (C=O) groups excluding carboxylic acids is 1. The minimum Gasteiger partial charge on any atom is -0.466 e. The Balaban J connectivity index is 1.70. The summed E-state index contributed by atoms with van der Waals surface area (Å²) in [5.74, 6) is 2.81. The smallest absolute Gasteiger partial charge is 0.306 e. The first-order valence-electron chi connectivity index (χ1n) is 14.6. The molecule has 4 aliphatic rings. The van der Waals surface area contributed by atoms with Gasteiger partial charge in [-0.25, -0.2) is 0 Å². The lowest BCUT2D eigenvalue weighted by molar-refractivity contribution is -0.148. The van der Waals surface area contributed by atoms with E-state index in [1.54, 1.807) is 11.1 Å². The first-order chi connectivity index (χ1) is 16.1. The zero-order valence-corrected chi connectivity index (χ0v) is 23.0. The number of carbonyl (C=O) groups is 1. The van der Waals surface area contributed by atoms with Crippen molar-refractivity contribution >= 4 is 5.97 Å². The third-order valence-electron chi connectivity index (χ3n) is 11.4. The van der Waals surface area contributed by atoms with Crippen molar-refractivity contribution in [2.75, 3.05) is 6.61 Å². The Bertz CT molecular complexity index is 784. The highest BCUT2D eigenvalue weighted by Gasteiger charge is 2.64. The molecule has 4 rings (SSSR count). The Kier molecular flexibility index (Phi) is 7.65. The standard InChI is InChI=1S/C31H52O3/c1-7-34-28(33)20-31-18-15-25(22(4)10-8-9-21(2)3)30(31,6)17-14-26-27(31)12-11-23-19-24(32)13-16-29(23,26)5/h21-25,32H,7-20H2,1-6H3/t22-,23+,24+,25-,29+,30-,31-/m1/s1. The molecule has 3 nitrogen and oxygen atoms in total. The minimum atomic E-state index is -0.120. The Morgan fingerprint density at radius 2 is 1.79 bits per heavy atom. The number of hydrogen-bond acceptors (Lipinski definition) is 3. The van der Waals surface area contributed by atoms with Crippen molar-refractivity contribution in [3.8, 4) is 0 Å². The summed E-state index contributed by atoms with van der Waals surface area (Å²) in [7, 11) is 0. The zero-order chi connectivity index (χ0) is 24.7. The molecular formula is C31H52O3. The van der Waals surface area contributed by atoms with Crippen LogP contribution in [0.15, 0.2) is 11.1 Å². The molecule has 0 saturated heterocycles. The van der Waals surface area contributed by atoms with Crippen LogP contribution >= 0.6 is 0 Å². The molecule has 1 N–H and O–H groups in total.